The van der Waals surface area contributed by atoms with E-state index in [2.05, 4.69) is 15.5 Å². The van der Waals surface area contributed by atoms with Crippen LogP contribution in [0, 0.1) is 0 Å². The molecule has 1 saturated heterocycles. The summed E-state index contributed by atoms with van der Waals surface area (Å²) in [6, 6.07) is 19.0. The molecule has 1 aliphatic rings. The molecule has 10 heteroatoms. The molecule has 3 aromatic carbocycles. The van der Waals surface area contributed by atoms with Crippen LogP contribution in [0.25, 0.3) is 0 Å². The molecular formula is C30H33Cl2N5O3. The van der Waals surface area contributed by atoms with E-state index in [1.807, 2.05) is 25.1 Å². The molecule has 210 valence electrons. The number of hydrogen-bond donors (Lipinski definition) is 3. The highest BCUT2D eigenvalue weighted by atomic mass is 35.5. The van der Waals surface area contributed by atoms with Crippen LogP contribution in [0.4, 0.5) is 16.2 Å². The highest BCUT2D eigenvalue weighted by Crippen LogP contribution is 2.30. The number of hydrogen-bond acceptors (Lipinski definition) is 4. The second-order valence-electron chi connectivity index (χ2n) is 9.69. The Morgan fingerprint density at radius 3 is 2.42 bits per heavy atom. The van der Waals surface area contributed by atoms with Crippen LogP contribution in [-0.4, -0.2) is 55.0 Å². The Hall–Kier alpha value is -3.75. The zero-order chi connectivity index (χ0) is 28.6. The maximum absolute atomic E-state index is 13.1. The van der Waals surface area contributed by atoms with Gasteiger partial charge in [-0.05, 0) is 67.3 Å². The van der Waals surface area contributed by atoms with Gasteiger partial charge in [0.1, 0.15) is 0 Å². The minimum atomic E-state index is -0.432. The largest absolute Gasteiger partial charge is 0.368 e. The summed E-state index contributed by atoms with van der Waals surface area (Å²) in [6.07, 6.45) is 2.00. The molecule has 1 atom stereocenters. The van der Waals surface area contributed by atoms with E-state index in [0.717, 1.165) is 24.1 Å². The number of carbonyl (C=O) groups is 3. The molecule has 4 N–H and O–H groups in total. The van der Waals surface area contributed by atoms with Crippen LogP contribution in [0.1, 0.15) is 46.0 Å². The van der Waals surface area contributed by atoms with Crippen molar-refractivity contribution < 1.29 is 14.4 Å². The molecule has 0 spiro atoms. The molecule has 40 heavy (non-hydrogen) atoms. The lowest BCUT2D eigenvalue weighted by Crippen LogP contribution is -2.46. The Balaban J connectivity index is 1.57. The van der Waals surface area contributed by atoms with E-state index in [0.29, 0.717) is 59.5 Å². The number of nitrogens with zero attached hydrogens (tertiary/aromatic N) is 2. The van der Waals surface area contributed by atoms with Crippen molar-refractivity contribution in [1.82, 2.24) is 10.2 Å². The van der Waals surface area contributed by atoms with Gasteiger partial charge in [-0.1, -0.05) is 54.4 Å². The average Bonchev–Trinajstić information content (AvgIpc) is 3.17. The summed E-state index contributed by atoms with van der Waals surface area (Å²) in [5.41, 5.74) is 8.74. The number of benzene rings is 3. The fraction of sp³-hybridized carbons (Fsp3) is 0.300. The second kappa shape index (κ2) is 13.5. The third kappa shape index (κ3) is 7.25. The van der Waals surface area contributed by atoms with Crippen LogP contribution in [-0.2, 0) is 6.42 Å². The van der Waals surface area contributed by atoms with Crippen LogP contribution in [0.3, 0.4) is 0 Å². The predicted molar refractivity (Wildman–Crippen MR) is 161 cm³/mol. The zero-order valence-electron chi connectivity index (χ0n) is 22.3. The molecule has 0 radical (unpaired) electrons. The molecule has 0 aromatic heterocycles. The number of primary amides is 1. The van der Waals surface area contributed by atoms with Crippen molar-refractivity contribution in [3.05, 3.63) is 93.5 Å². The molecule has 0 aliphatic carbocycles. The molecule has 8 nitrogen and oxygen atoms in total. The molecule has 0 saturated carbocycles. The summed E-state index contributed by atoms with van der Waals surface area (Å²) in [7, 11) is 0. The SMILES string of the molecule is CCC1CN(c2ccc(C(=O)NCCc3ccc(Cl)cc3Cl)cc2NC(=O)c2ccccc2)CCCN1C(N)=O. The third-order valence-electron chi connectivity index (χ3n) is 7.03. The van der Waals surface area contributed by atoms with Crippen LogP contribution in [0.2, 0.25) is 10.0 Å². The highest BCUT2D eigenvalue weighted by Gasteiger charge is 2.27. The van der Waals surface area contributed by atoms with Gasteiger partial charge in [-0.2, -0.15) is 0 Å². The first-order valence-electron chi connectivity index (χ1n) is 13.3. The quantitative estimate of drug-likeness (QED) is 0.322. The van der Waals surface area contributed by atoms with Crippen molar-refractivity contribution in [3.63, 3.8) is 0 Å². The maximum atomic E-state index is 13.1. The Kier molecular flexibility index (Phi) is 9.90. The Morgan fingerprint density at radius 1 is 0.950 bits per heavy atom. The maximum Gasteiger partial charge on any atom is 0.315 e. The number of nitrogens with two attached hydrogens (primary N) is 1. The molecule has 0 bridgehead atoms. The topological polar surface area (TPSA) is 108 Å². The number of amides is 4. The standard InChI is InChI=1S/C30H33Cl2N5O3/c1-2-24-19-36(15-6-16-37(24)30(33)40)27-12-10-22(17-26(27)35-29(39)21-7-4-3-5-8-21)28(38)34-14-13-20-9-11-23(31)18-25(20)32/h3-5,7-12,17-18,24H,2,6,13-16,19H2,1H3,(H2,33,40)(H,34,38)(H,35,39). The minimum Gasteiger partial charge on any atom is -0.368 e. The van der Waals surface area contributed by atoms with Gasteiger partial charge in [0.15, 0.2) is 0 Å². The van der Waals surface area contributed by atoms with Crippen molar-refractivity contribution in [2.75, 3.05) is 36.4 Å². The first-order chi connectivity index (χ1) is 19.3. The van der Waals surface area contributed by atoms with E-state index >= 15 is 0 Å². The first-order valence-corrected chi connectivity index (χ1v) is 14.1. The van der Waals surface area contributed by atoms with E-state index in [9.17, 15) is 14.4 Å². The molecule has 1 unspecified atom stereocenters. The number of anilines is 2. The van der Waals surface area contributed by atoms with Gasteiger partial charge >= 0.3 is 6.03 Å². The Morgan fingerprint density at radius 2 is 1.73 bits per heavy atom. The number of carbonyl (C=O) groups excluding carboxylic acids is 3. The number of nitrogens with one attached hydrogen (secondary N) is 2. The van der Waals surface area contributed by atoms with Crippen molar-refractivity contribution >= 4 is 52.4 Å². The fourth-order valence-electron chi connectivity index (χ4n) is 4.89. The number of urea groups is 1. The van der Waals surface area contributed by atoms with E-state index in [1.165, 1.54) is 0 Å². The third-order valence-corrected chi connectivity index (χ3v) is 7.62. The summed E-state index contributed by atoms with van der Waals surface area (Å²) in [6.45, 7) is 4.19. The van der Waals surface area contributed by atoms with Gasteiger partial charge < -0.3 is 26.2 Å². The minimum absolute atomic E-state index is 0.0691. The van der Waals surface area contributed by atoms with Gasteiger partial charge in [0.2, 0.25) is 0 Å². The average molecular weight is 583 g/mol. The van der Waals surface area contributed by atoms with Crippen molar-refractivity contribution in [2.24, 2.45) is 5.73 Å². The lowest BCUT2D eigenvalue weighted by molar-refractivity contribution is 0.0952. The van der Waals surface area contributed by atoms with E-state index in [4.69, 9.17) is 28.9 Å². The normalized spacial score (nSPS) is 15.3. The molecular weight excluding hydrogens is 549 g/mol. The Labute approximate surface area is 244 Å². The summed E-state index contributed by atoms with van der Waals surface area (Å²) >= 11 is 12.2. The summed E-state index contributed by atoms with van der Waals surface area (Å²) in [5, 5.41) is 7.04. The van der Waals surface area contributed by atoms with E-state index < -0.39 is 6.03 Å². The molecule has 1 fully saturated rings. The first kappa shape index (κ1) is 29.2. The number of halogens is 2. The van der Waals surface area contributed by atoms with Gasteiger partial charge in [-0.25, -0.2) is 4.79 Å². The monoisotopic (exact) mass is 581 g/mol. The molecule has 3 aromatic rings. The van der Waals surface area contributed by atoms with E-state index in [-0.39, 0.29) is 17.9 Å². The lowest BCUT2D eigenvalue weighted by Gasteiger charge is -2.31. The lowest BCUT2D eigenvalue weighted by atomic mass is 10.1. The van der Waals surface area contributed by atoms with Gasteiger partial charge in [0.25, 0.3) is 11.8 Å². The van der Waals surface area contributed by atoms with Crippen LogP contribution >= 0.6 is 23.2 Å². The zero-order valence-corrected chi connectivity index (χ0v) is 23.8. The van der Waals surface area contributed by atoms with E-state index in [1.54, 1.807) is 53.4 Å². The summed E-state index contributed by atoms with van der Waals surface area (Å²) in [5.74, 6) is -0.550. The van der Waals surface area contributed by atoms with Gasteiger partial charge in [0, 0.05) is 47.4 Å². The molecule has 4 amide bonds. The Bertz CT molecular complexity index is 1370. The predicted octanol–water partition coefficient (Wildman–Crippen LogP) is 5.59. The smallest absolute Gasteiger partial charge is 0.315 e. The summed E-state index contributed by atoms with van der Waals surface area (Å²) in [4.78, 5) is 42.1. The number of rotatable bonds is 8. The van der Waals surface area contributed by atoms with Crippen molar-refractivity contribution in [1.29, 1.82) is 0 Å². The molecule has 1 heterocycles. The van der Waals surface area contributed by atoms with Gasteiger partial charge in [-0.15, -0.1) is 0 Å². The van der Waals surface area contributed by atoms with Crippen LogP contribution in [0.5, 0.6) is 0 Å². The fourth-order valence-corrected chi connectivity index (χ4v) is 5.39. The van der Waals surface area contributed by atoms with Crippen LogP contribution in [0.15, 0.2) is 66.7 Å². The van der Waals surface area contributed by atoms with Gasteiger partial charge in [0.05, 0.1) is 17.4 Å². The highest BCUT2D eigenvalue weighted by molar-refractivity contribution is 6.35. The van der Waals surface area contributed by atoms with Crippen LogP contribution < -0.4 is 21.3 Å². The molecule has 4 rings (SSSR count). The summed E-state index contributed by atoms with van der Waals surface area (Å²) < 4.78 is 0. The molecule has 1 aliphatic heterocycles. The second-order valence-corrected chi connectivity index (χ2v) is 10.5. The van der Waals surface area contributed by atoms with Crippen molar-refractivity contribution in [2.45, 2.75) is 32.2 Å². The van der Waals surface area contributed by atoms with Crippen molar-refractivity contribution in [3.8, 4) is 0 Å². The van der Waals surface area contributed by atoms with Gasteiger partial charge in [-0.3, -0.25) is 9.59 Å².